The van der Waals surface area contributed by atoms with Gasteiger partial charge in [-0.1, -0.05) is 231 Å². The predicted molar refractivity (Wildman–Crippen MR) is 311 cm³/mol. The summed E-state index contributed by atoms with van der Waals surface area (Å²) in [5, 5.41) is 26.8. The van der Waals surface area contributed by atoms with Crippen LogP contribution in [0.25, 0.3) is 130 Å². The van der Waals surface area contributed by atoms with Gasteiger partial charge in [-0.2, -0.15) is 0 Å². The van der Waals surface area contributed by atoms with Crippen LogP contribution in [0.4, 0.5) is 0 Å². The van der Waals surface area contributed by atoms with E-state index in [2.05, 4.69) is 255 Å². The zero-order valence-electron chi connectivity index (χ0n) is 39.7. The molecule has 0 bridgehead atoms. The van der Waals surface area contributed by atoms with E-state index in [4.69, 9.17) is 0 Å². The van der Waals surface area contributed by atoms with Crippen LogP contribution < -0.4 is 0 Å². The molecular weight excluding hydrogens is 865 g/mol. The summed E-state index contributed by atoms with van der Waals surface area (Å²) in [7, 11) is 0. The van der Waals surface area contributed by atoms with Crippen LogP contribution in [0.15, 0.2) is 255 Å². The summed E-state index contributed by atoms with van der Waals surface area (Å²) in [5.74, 6) is 0. The maximum absolute atomic E-state index is 2.36. The van der Waals surface area contributed by atoms with Crippen molar-refractivity contribution < 1.29 is 0 Å². The van der Waals surface area contributed by atoms with Crippen LogP contribution in [0.3, 0.4) is 0 Å². The number of fused-ring (bicyclic) bond motifs is 18. The van der Waals surface area contributed by atoms with Crippen molar-refractivity contribution in [2.24, 2.45) is 0 Å². The summed E-state index contributed by atoms with van der Waals surface area (Å²) in [6.45, 7) is 0. The summed E-state index contributed by atoms with van der Waals surface area (Å²) in [6, 6.07) is 93.4. The minimum atomic E-state index is 1.03. The fourth-order valence-corrected chi connectivity index (χ4v) is 12.6. The molecule has 0 heteroatoms. The van der Waals surface area contributed by atoms with E-state index in [9.17, 15) is 0 Å². The van der Waals surface area contributed by atoms with Gasteiger partial charge in [-0.05, 0) is 189 Å². The molecule has 17 rings (SSSR count). The highest BCUT2D eigenvalue weighted by Crippen LogP contribution is 2.45. The van der Waals surface area contributed by atoms with Gasteiger partial charge < -0.3 is 0 Å². The SMILES string of the molecule is c1ccc2c(c1)Cc1c3ccccc3cc3cccc-2c13.c1ccc2c(c1)Cc1cccc3c1c-2cc1ccccc13.c1ccc2cc3c(ccc4c3ccc3c5ccc6ccccc6c5ccc43)cc2c1. The van der Waals surface area contributed by atoms with Gasteiger partial charge in [-0.15, -0.1) is 0 Å². The van der Waals surface area contributed by atoms with Crippen molar-refractivity contribution in [2.45, 2.75) is 12.8 Å². The first-order chi connectivity index (χ1) is 35.7. The second-order valence-electron chi connectivity index (χ2n) is 19.8. The molecule has 2 aliphatic rings. The molecule has 2 aliphatic carbocycles. The summed E-state index contributed by atoms with van der Waals surface area (Å²) >= 11 is 0. The Morgan fingerprint density at radius 3 is 1.32 bits per heavy atom. The zero-order chi connectivity index (χ0) is 47.3. The second kappa shape index (κ2) is 16.2. The highest BCUT2D eigenvalue weighted by molar-refractivity contribution is 6.26. The molecule has 0 saturated heterocycles. The molecule has 0 N–H and O–H groups in total. The zero-order valence-corrected chi connectivity index (χ0v) is 39.7. The lowest BCUT2D eigenvalue weighted by Crippen LogP contribution is -2.01. The van der Waals surface area contributed by atoms with Gasteiger partial charge in [0.05, 0.1) is 0 Å². The molecule has 0 unspecified atom stereocenters. The Hall–Kier alpha value is -9.10. The van der Waals surface area contributed by atoms with Gasteiger partial charge in [0.2, 0.25) is 0 Å². The summed E-state index contributed by atoms with van der Waals surface area (Å²) < 4.78 is 0. The monoisotopic (exact) mass is 910 g/mol. The number of hydrogen-bond donors (Lipinski definition) is 0. The van der Waals surface area contributed by atoms with Crippen molar-refractivity contribution in [1.82, 2.24) is 0 Å². The normalized spacial score (nSPS) is 12.3. The van der Waals surface area contributed by atoms with Crippen molar-refractivity contribution in [3.8, 4) is 22.3 Å². The Bertz CT molecular complexity index is 4710. The molecule has 0 amide bonds. The van der Waals surface area contributed by atoms with Gasteiger partial charge in [0.1, 0.15) is 0 Å². The van der Waals surface area contributed by atoms with Crippen LogP contribution in [-0.2, 0) is 12.8 Å². The molecule has 0 fully saturated rings. The first-order valence-corrected chi connectivity index (χ1v) is 25.3. The Labute approximate surface area is 417 Å². The summed E-state index contributed by atoms with van der Waals surface area (Å²) in [6.07, 6.45) is 2.07. The fraction of sp³-hybridized carbons (Fsp3) is 0.0278. The lowest BCUT2D eigenvalue weighted by molar-refractivity contribution is 1.20. The Kier molecular flexibility index (Phi) is 9.19. The number of hydrogen-bond acceptors (Lipinski definition) is 0. The Morgan fingerprint density at radius 1 is 0.181 bits per heavy atom. The van der Waals surface area contributed by atoms with Crippen LogP contribution in [0.5, 0.6) is 0 Å². The van der Waals surface area contributed by atoms with Crippen LogP contribution in [-0.4, -0.2) is 0 Å². The highest BCUT2D eigenvalue weighted by Gasteiger charge is 2.21. The van der Waals surface area contributed by atoms with E-state index >= 15 is 0 Å². The van der Waals surface area contributed by atoms with E-state index in [0.29, 0.717) is 0 Å². The van der Waals surface area contributed by atoms with Crippen molar-refractivity contribution in [2.75, 3.05) is 0 Å². The molecular formula is C72H46. The van der Waals surface area contributed by atoms with Crippen molar-refractivity contribution in [1.29, 1.82) is 0 Å². The van der Waals surface area contributed by atoms with E-state index in [1.54, 1.807) is 0 Å². The first kappa shape index (κ1) is 40.8. The highest BCUT2D eigenvalue weighted by atomic mass is 14.2. The number of rotatable bonds is 0. The third-order valence-corrected chi connectivity index (χ3v) is 15.9. The van der Waals surface area contributed by atoms with Gasteiger partial charge in [0.15, 0.2) is 0 Å². The first-order valence-electron chi connectivity index (χ1n) is 25.3. The molecule has 0 aliphatic heterocycles. The van der Waals surface area contributed by atoms with E-state index in [-0.39, 0.29) is 0 Å². The lowest BCUT2D eigenvalue weighted by atomic mass is 9.81. The van der Waals surface area contributed by atoms with Crippen LogP contribution in [0, 0.1) is 0 Å². The average molecular weight is 911 g/mol. The standard InChI is InChI=1S/C30H18.2C21H14/c1-2-7-21-18-30-22(17-20(21)6-1)10-12-26-28-14-13-24-23-8-4-3-5-19(23)9-11-25(24)27(28)15-16-29(26)30;2*1-4-10-18-14(6-1)12-16-8-5-11-19-17-9-3-2-7-15(17)13-20(18)21(16)19/h1-18H;1-11,13H,12H2;1-12H,13H2. The van der Waals surface area contributed by atoms with E-state index in [0.717, 1.165) is 12.8 Å². The van der Waals surface area contributed by atoms with Crippen LogP contribution in [0.2, 0.25) is 0 Å². The quantitative estimate of drug-likeness (QED) is 0.105. The Balaban J connectivity index is 0.0000000988. The Morgan fingerprint density at radius 2 is 0.597 bits per heavy atom. The maximum atomic E-state index is 2.36. The van der Waals surface area contributed by atoms with Crippen LogP contribution >= 0.6 is 0 Å². The van der Waals surface area contributed by atoms with Gasteiger partial charge in [-0.25, -0.2) is 0 Å². The van der Waals surface area contributed by atoms with Crippen molar-refractivity contribution in [3.05, 3.63) is 277 Å². The molecule has 15 aromatic rings. The largest absolute Gasteiger partial charge is 0.0619 e. The van der Waals surface area contributed by atoms with Crippen molar-refractivity contribution in [3.63, 3.8) is 0 Å². The third-order valence-electron chi connectivity index (χ3n) is 15.9. The molecule has 0 radical (unpaired) electrons. The lowest BCUT2D eigenvalue weighted by Gasteiger charge is -2.22. The molecule has 334 valence electrons. The fourth-order valence-electron chi connectivity index (χ4n) is 12.6. The third kappa shape index (κ3) is 6.39. The van der Waals surface area contributed by atoms with E-state index in [1.807, 2.05) is 0 Å². The molecule has 0 saturated carbocycles. The molecule has 0 aromatic heterocycles. The van der Waals surface area contributed by atoms with Gasteiger partial charge >= 0.3 is 0 Å². The maximum Gasteiger partial charge on any atom is -0.000706 e. The van der Waals surface area contributed by atoms with Gasteiger partial charge in [0.25, 0.3) is 0 Å². The van der Waals surface area contributed by atoms with Crippen LogP contribution in [0.1, 0.15) is 22.3 Å². The molecule has 15 aromatic carbocycles. The second-order valence-corrected chi connectivity index (χ2v) is 19.8. The summed E-state index contributed by atoms with van der Waals surface area (Å²) in [5.41, 5.74) is 11.4. The summed E-state index contributed by atoms with van der Waals surface area (Å²) in [4.78, 5) is 0. The average Bonchev–Trinajstić information content (AvgIpc) is 3.44. The molecule has 0 spiro atoms. The van der Waals surface area contributed by atoms with E-state index in [1.165, 1.54) is 152 Å². The minimum Gasteiger partial charge on any atom is -0.0619 e. The molecule has 0 atom stereocenters. The van der Waals surface area contributed by atoms with Crippen molar-refractivity contribution >= 4 is 108 Å². The smallest absolute Gasteiger partial charge is 0.000706 e. The van der Waals surface area contributed by atoms with E-state index < -0.39 is 0 Å². The predicted octanol–water partition coefficient (Wildman–Crippen LogP) is 19.7. The topological polar surface area (TPSA) is 0 Å². The van der Waals surface area contributed by atoms with Gasteiger partial charge in [0, 0.05) is 0 Å². The minimum absolute atomic E-state index is 1.03. The number of benzene rings is 15. The molecule has 72 heavy (non-hydrogen) atoms. The molecule has 0 heterocycles. The van der Waals surface area contributed by atoms with Gasteiger partial charge in [-0.3, -0.25) is 0 Å². The molecule has 0 nitrogen and oxygen atoms in total.